The van der Waals surface area contributed by atoms with Gasteiger partial charge >= 0.3 is 0 Å². The molecule has 0 N–H and O–H groups in total. The predicted molar refractivity (Wildman–Crippen MR) is 104 cm³/mol. The average Bonchev–Trinajstić information content (AvgIpc) is 3.22. The monoisotopic (exact) mass is 363 g/mol. The van der Waals surface area contributed by atoms with Gasteiger partial charge < -0.3 is 9.74 Å². The Morgan fingerprint density at radius 1 is 1.00 bits per heavy atom. The van der Waals surface area contributed by atoms with Gasteiger partial charge in [-0.15, -0.1) is 0 Å². The molecule has 1 fully saturated rings. The number of benzene rings is 2. The molecule has 1 aliphatic rings. The lowest BCUT2D eigenvalue weighted by Crippen LogP contribution is -2.42. The highest BCUT2D eigenvalue weighted by molar-refractivity contribution is 5.36. The van der Waals surface area contributed by atoms with Crippen LogP contribution < -0.4 is 9.74 Å². The smallest absolute Gasteiger partial charge is 0.270 e. The van der Waals surface area contributed by atoms with Crippen molar-refractivity contribution in [3.05, 3.63) is 71.8 Å². The summed E-state index contributed by atoms with van der Waals surface area (Å²) >= 11 is 0. The lowest BCUT2D eigenvalue weighted by Gasteiger charge is -2.39. The standard InChI is InChI=1S/C21H25N5O/c1-27-26-23-21(22-24-26)25(16-17-10-4-2-5-11-17)20-15-9-8-14-19(20)18-12-6-3-7-13-18/h2-7,10-13,19-20H,8-9,14-16H2,1H3. The van der Waals surface area contributed by atoms with E-state index < -0.39 is 0 Å². The molecule has 1 aliphatic carbocycles. The molecule has 1 heterocycles. The summed E-state index contributed by atoms with van der Waals surface area (Å²) in [4.78, 5) is 8.57. The first-order valence-electron chi connectivity index (χ1n) is 9.55. The van der Waals surface area contributed by atoms with Gasteiger partial charge in [0.05, 0.1) is 0 Å². The Kier molecular flexibility index (Phi) is 5.32. The molecule has 1 aromatic heterocycles. The predicted octanol–water partition coefficient (Wildman–Crippen LogP) is 3.46. The third-order valence-corrected chi connectivity index (χ3v) is 5.36. The van der Waals surface area contributed by atoms with E-state index in [0.717, 1.165) is 13.0 Å². The molecular formula is C21H25N5O. The van der Waals surface area contributed by atoms with Gasteiger partial charge in [-0.25, -0.2) is 0 Å². The van der Waals surface area contributed by atoms with Gasteiger partial charge in [-0.1, -0.05) is 83.7 Å². The fourth-order valence-electron chi connectivity index (χ4n) is 4.08. The van der Waals surface area contributed by atoms with Gasteiger partial charge in [-0.05, 0) is 29.2 Å². The Balaban J connectivity index is 1.69. The summed E-state index contributed by atoms with van der Waals surface area (Å²) in [5.74, 6) is 1.08. The van der Waals surface area contributed by atoms with Crippen LogP contribution in [-0.2, 0) is 6.54 Å². The second-order valence-electron chi connectivity index (χ2n) is 7.01. The molecule has 2 aromatic carbocycles. The zero-order chi connectivity index (χ0) is 18.5. The van der Waals surface area contributed by atoms with Crippen molar-refractivity contribution >= 4 is 5.95 Å². The van der Waals surface area contributed by atoms with Gasteiger partial charge in [0.25, 0.3) is 5.95 Å². The molecule has 6 nitrogen and oxygen atoms in total. The lowest BCUT2D eigenvalue weighted by molar-refractivity contribution is 0.0958. The van der Waals surface area contributed by atoms with E-state index in [0.29, 0.717) is 17.9 Å². The quantitative estimate of drug-likeness (QED) is 0.671. The Morgan fingerprint density at radius 2 is 1.70 bits per heavy atom. The average molecular weight is 363 g/mol. The van der Waals surface area contributed by atoms with E-state index >= 15 is 0 Å². The highest BCUT2D eigenvalue weighted by Crippen LogP contribution is 2.37. The van der Waals surface area contributed by atoms with Crippen molar-refractivity contribution in [2.24, 2.45) is 0 Å². The summed E-state index contributed by atoms with van der Waals surface area (Å²) in [6, 6.07) is 21.6. The van der Waals surface area contributed by atoms with E-state index in [1.807, 2.05) is 6.07 Å². The number of tetrazole rings is 1. The van der Waals surface area contributed by atoms with E-state index in [1.165, 1.54) is 35.3 Å². The topological polar surface area (TPSA) is 56.1 Å². The molecule has 0 aliphatic heterocycles. The van der Waals surface area contributed by atoms with Crippen molar-refractivity contribution in [2.45, 2.75) is 44.2 Å². The molecule has 27 heavy (non-hydrogen) atoms. The molecule has 2 unspecified atom stereocenters. The molecule has 6 heteroatoms. The van der Waals surface area contributed by atoms with Gasteiger partial charge in [-0.2, -0.15) is 0 Å². The number of hydrogen-bond acceptors (Lipinski definition) is 5. The van der Waals surface area contributed by atoms with Gasteiger partial charge in [0.15, 0.2) is 0 Å². The van der Waals surface area contributed by atoms with Crippen LogP contribution >= 0.6 is 0 Å². The number of rotatable bonds is 6. The number of aromatic nitrogens is 4. The molecule has 0 spiro atoms. The Labute approximate surface area is 159 Å². The number of hydrogen-bond donors (Lipinski definition) is 0. The Hall–Kier alpha value is -2.89. The molecule has 2 atom stereocenters. The fourth-order valence-corrected chi connectivity index (χ4v) is 4.08. The molecule has 1 saturated carbocycles. The van der Waals surface area contributed by atoms with Crippen LogP contribution in [0.1, 0.15) is 42.7 Å². The maximum atomic E-state index is 5.10. The third-order valence-electron chi connectivity index (χ3n) is 5.36. The lowest BCUT2D eigenvalue weighted by atomic mass is 9.79. The third kappa shape index (κ3) is 3.94. The summed E-state index contributed by atoms with van der Waals surface area (Å²) in [6.45, 7) is 0.754. The molecule has 140 valence electrons. The summed E-state index contributed by atoms with van der Waals surface area (Å²) in [6.07, 6.45) is 4.78. The largest absolute Gasteiger partial charge is 0.383 e. The van der Waals surface area contributed by atoms with Gasteiger partial charge in [0.1, 0.15) is 7.11 Å². The zero-order valence-electron chi connectivity index (χ0n) is 15.6. The van der Waals surface area contributed by atoms with Gasteiger partial charge in [0, 0.05) is 23.5 Å². The first kappa shape index (κ1) is 17.5. The molecule has 0 amide bonds. The van der Waals surface area contributed by atoms with E-state index in [-0.39, 0.29) is 0 Å². The Bertz CT molecular complexity index is 836. The minimum atomic E-state index is 0.330. The van der Waals surface area contributed by atoms with Crippen molar-refractivity contribution in [1.29, 1.82) is 0 Å². The van der Waals surface area contributed by atoms with Crippen LogP contribution in [0.25, 0.3) is 0 Å². The second-order valence-corrected chi connectivity index (χ2v) is 7.01. The maximum absolute atomic E-state index is 5.10. The molecule has 0 radical (unpaired) electrons. The van der Waals surface area contributed by atoms with Crippen LogP contribution in [0.2, 0.25) is 0 Å². The first-order valence-corrected chi connectivity index (χ1v) is 9.55. The minimum absolute atomic E-state index is 0.330. The van der Waals surface area contributed by atoms with Crippen LogP contribution in [0.4, 0.5) is 5.95 Å². The summed E-state index contributed by atoms with van der Waals surface area (Å²) in [5, 5.41) is 12.7. The van der Waals surface area contributed by atoms with E-state index in [9.17, 15) is 0 Å². The van der Waals surface area contributed by atoms with Crippen molar-refractivity contribution in [2.75, 3.05) is 12.0 Å². The normalized spacial score (nSPS) is 19.6. The molecule has 0 bridgehead atoms. The summed E-state index contributed by atoms with van der Waals surface area (Å²) < 4.78 is 0. The molecule has 0 saturated heterocycles. The van der Waals surface area contributed by atoms with E-state index in [4.69, 9.17) is 4.84 Å². The minimum Gasteiger partial charge on any atom is -0.383 e. The van der Waals surface area contributed by atoms with Crippen LogP contribution in [0.15, 0.2) is 60.7 Å². The number of nitrogens with zero attached hydrogens (tertiary/aromatic N) is 5. The SMILES string of the molecule is COn1nnc(N(Cc2ccccc2)C2CCCCC2c2ccccc2)n1. The van der Waals surface area contributed by atoms with Crippen molar-refractivity contribution in [3.63, 3.8) is 0 Å². The van der Waals surface area contributed by atoms with E-state index in [1.54, 1.807) is 7.11 Å². The fraction of sp³-hybridized carbons (Fsp3) is 0.381. The second kappa shape index (κ2) is 8.20. The maximum Gasteiger partial charge on any atom is 0.270 e. The van der Waals surface area contributed by atoms with Crippen LogP contribution in [-0.4, -0.2) is 33.5 Å². The molecular weight excluding hydrogens is 338 g/mol. The molecule has 4 rings (SSSR count). The van der Waals surface area contributed by atoms with Gasteiger partial charge in [0.2, 0.25) is 0 Å². The van der Waals surface area contributed by atoms with Crippen LogP contribution in [0.3, 0.4) is 0 Å². The van der Waals surface area contributed by atoms with Crippen LogP contribution in [0, 0.1) is 0 Å². The number of anilines is 1. The van der Waals surface area contributed by atoms with Gasteiger partial charge in [-0.3, -0.25) is 0 Å². The molecule has 3 aromatic rings. The van der Waals surface area contributed by atoms with Crippen LogP contribution in [0.5, 0.6) is 0 Å². The first-order chi connectivity index (χ1) is 13.3. The highest BCUT2D eigenvalue weighted by atomic mass is 16.7. The zero-order valence-corrected chi connectivity index (χ0v) is 15.6. The summed E-state index contributed by atoms with van der Waals surface area (Å²) in [7, 11) is 1.54. The van der Waals surface area contributed by atoms with E-state index in [2.05, 4.69) is 74.9 Å². The Morgan fingerprint density at radius 3 is 2.41 bits per heavy atom. The van der Waals surface area contributed by atoms with Crippen molar-refractivity contribution in [1.82, 2.24) is 20.4 Å². The highest BCUT2D eigenvalue weighted by Gasteiger charge is 2.33. The summed E-state index contributed by atoms with van der Waals surface area (Å²) in [5.41, 5.74) is 2.63. The van der Waals surface area contributed by atoms with Crippen molar-refractivity contribution in [3.8, 4) is 0 Å². The van der Waals surface area contributed by atoms with Crippen molar-refractivity contribution < 1.29 is 4.84 Å².